The molecule has 0 aliphatic heterocycles. The first-order chi connectivity index (χ1) is 14.4. The highest BCUT2D eigenvalue weighted by atomic mass is 16.3. The van der Waals surface area contributed by atoms with Gasteiger partial charge in [-0.1, -0.05) is 111 Å². The minimum absolute atomic E-state index is 0.481. The first kappa shape index (κ1) is 29.9. The molecule has 0 aromatic heterocycles. The van der Waals surface area contributed by atoms with Crippen molar-refractivity contribution in [3.63, 3.8) is 0 Å². The third-order valence-electron chi connectivity index (χ3n) is 6.90. The highest BCUT2D eigenvalue weighted by Crippen LogP contribution is 2.23. The molecule has 0 spiro atoms. The number of rotatable bonds is 23. The second-order valence-electron chi connectivity index (χ2n) is 10.5. The lowest BCUT2D eigenvalue weighted by atomic mass is 9.90. The largest absolute Gasteiger partial charge is 0.390 e. The van der Waals surface area contributed by atoms with Gasteiger partial charge in [0.25, 0.3) is 0 Å². The average Bonchev–Trinajstić information content (AvgIpc) is 2.71. The molecule has 0 heterocycles. The van der Waals surface area contributed by atoms with Crippen molar-refractivity contribution in [1.29, 1.82) is 0 Å². The summed E-state index contributed by atoms with van der Waals surface area (Å²) in [6.45, 7) is 13.5. The second kappa shape index (κ2) is 20.8. The van der Waals surface area contributed by atoms with Gasteiger partial charge in [0.2, 0.25) is 0 Å². The predicted octanol–water partition coefficient (Wildman–Crippen LogP) is 8.66. The minimum Gasteiger partial charge on any atom is -0.390 e. The normalized spacial score (nSPS) is 15.8. The smallest absolute Gasteiger partial charge is 0.0620 e. The molecule has 0 saturated carbocycles. The molecule has 0 aromatic rings. The maximum atomic E-state index is 10.7. The van der Waals surface area contributed by atoms with Crippen molar-refractivity contribution in [2.24, 2.45) is 11.8 Å². The van der Waals surface area contributed by atoms with Gasteiger partial charge in [0.1, 0.15) is 0 Å². The maximum Gasteiger partial charge on any atom is 0.0620 e. The molecule has 2 N–H and O–H groups in total. The van der Waals surface area contributed by atoms with Crippen LogP contribution < -0.4 is 5.32 Å². The monoisotopic (exact) mass is 425 g/mol. The zero-order valence-corrected chi connectivity index (χ0v) is 21.7. The molecular weight excluding hydrogens is 366 g/mol. The summed E-state index contributed by atoms with van der Waals surface area (Å²) in [5.41, 5.74) is -0.481. The number of nitrogens with one attached hydrogen (secondary N) is 1. The SMILES string of the molecule is CCCCCCC(C)CCCC(C)(O)CCCNCC(CCCC)CCCCCC. The quantitative estimate of drug-likeness (QED) is 0.160. The Morgan fingerprint density at radius 3 is 1.83 bits per heavy atom. The average molecular weight is 426 g/mol. The van der Waals surface area contributed by atoms with Gasteiger partial charge in [0.15, 0.2) is 0 Å². The van der Waals surface area contributed by atoms with Crippen molar-refractivity contribution in [3.05, 3.63) is 0 Å². The summed E-state index contributed by atoms with van der Waals surface area (Å²) in [4.78, 5) is 0. The third-order valence-corrected chi connectivity index (χ3v) is 6.90. The van der Waals surface area contributed by atoms with E-state index in [2.05, 4.69) is 39.9 Å². The van der Waals surface area contributed by atoms with Crippen LogP contribution >= 0.6 is 0 Å². The van der Waals surface area contributed by atoms with Gasteiger partial charge in [0, 0.05) is 0 Å². The standard InChI is InChI=1S/C28H59NO/c1-6-9-12-14-18-26(4)19-16-22-28(5,30)23-17-24-29-25-27(20-11-8-3)21-15-13-10-7-2/h26-27,29-30H,6-25H2,1-5H3. The van der Waals surface area contributed by atoms with E-state index in [9.17, 15) is 5.11 Å². The fourth-order valence-corrected chi connectivity index (χ4v) is 4.62. The van der Waals surface area contributed by atoms with Crippen molar-refractivity contribution in [2.75, 3.05) is 13.1 Å². The molecule has 0 fully saturated rings. The van der Waals surface area contributed by atoms with Crippen LogP contribution in [0.1, 0.15) is 150 Å². The molecule has 3 atom stereocenters. The van der Waals surface area contributed by atoms with Crippen molar-refractivity contribution in [1.82, 2.24) is 5.32 Å². The van der Waals surface area contributed by atoms with Crippen molar-refractivity contribution >= 4 is 0 Å². The molecule has 0 radical (unpaired) electrons. The lowest BCUT2D eigenvalue weighted by Crippen LogP contribution is -2.28. The van der Waals surface area contributed by atoms with E-state index in [1.165, 1.54) is 103 Å². The van der Waals surface area contributed by atoms with Crippen LogP contribution in [0.5, 0.6) is 0 Å². The molecule has 0 aliphatic carbocycles. The minimum atomic E-state index is -0.481. The molecule has 182 valence electrons. The van der Waals surface area contributed by atoms with Gasteiger partial charge >= 0.3 is 0 Å². The molecule has 0 saturated heterocycles. The van der Waals surface area contributed by atoms with Crippen LogP contribution in [0.4, 0.5) is 0 Å². The Balaban J connectivity index is 3.84. The van der Waals surface area contributed by atoms with E-state index in [-0.39, 0.29) is 0 Å². The van der Waals surface area contributed by atoms with E-state index in [0.29, 0.717) is 0 Å². The molecule has 0 aliphatic rings. The lowest BCUT2D eigenvalue weighted by molar-refractivity contribution is 0.0364. The summed E-state index contributed by atoms with van der Waals surface area (Å²) in [5.74, 6) is 1.66. The maximum absolute atomic E-state index is 10.7. The van der Waals surface area contributed by atoms with Gasteiger partial charge in [0.05, 0.1) is 5.60 Å². The Hall–Kier alpha value is -0.0800. The van der Waals surface area contributed by atoms with Gasteiger partial charge < -0.3 is 10.4 Å². The molecule has 3 unspecified atom stereocenters. The Labute approximate surface area is 191 Å². The van der Waals surface area contributed by atoms with Gasteiger partial charge in [-0.2, -0.15) is 0 Å². The topological polar surface area (TPSA) is 32.3 Å². The summed E-state index contributed by atoms with van der Waals surface area (Å²) >= 11 is 0. The van der Waals surface area contributed by atoms with Crippen LogP contribution in [0.3, 0.4) is 0 Å². The van der Waals surface area contributed by atoms with E-state index in [0.717, 1.165) is 37.6 Å². The molecular formula is C28H59NO. The Morgan fingerprint density at radius 2 is 1.20 bits per heavy atom. The molecule has 30 heavy (non-hydrogen) atoms. The highest BCUT2D eigenvalue weighted by Gasteiger charge is 2.19. The molecule has 0 amide bonds. The fourth-order valence-electron chi connectivity index (χ4n) is 4.62. The summed E-state index contributed by atoms with van der Waals surface area (Å²) in [6.07, 6.45) is 23.2. The van der Waals surface area contributed by atoms with E-state index in [1.54, 1.807) is 0 Å². The number of hydrogen-bond acceptors (Lipinski definition) is 2. The Bertz CT molecular complexity index is 342. The zero-order valence-electron chi connectivity index (χ0n) is 21.7. The summed E-state index contributed by atoms with van der Waals surface area (Å²) in [5, 5.41) is 14.4. The number of hydrogen-bond donors (Lipinski definition) is 2. The van der Waals surface area contributed by atoms with Crippen molar-refractivity contribution < 1.29 is 5.11 Å². The lowest BCUT2D eigenvalue weighted by Gasteiger charge is -2.24. The van der Waals surface area contributed by atoms with Crippen LogP contribution in [0, 0.1) is 11.8 Å². The fraction of sp³-hybridized carbons (Fsp3) is 1.00. The predicted molar refractivity (Wildman–Crippen MR) is 136 cm³/mol. The third kappa shape index (κ3) is 19.9. The zero-order chi connectivity index (χ0) is 22.5. The van der Waals surface area contributed by atoms with E-state index >= 15 is 0 Å². The molecule has 2 heteroatoms. The van der Waals surface area contributed by atoms with E-state index < -0.39 is 5.60 Å². The van der Waals surface area contributed by atoms with Gasteiger partial charge in [-0.3, -0.25) is 0 Å². The van der Waals surface area contributed by atoms with Crippen LogP contribution in [-0.2, 0) is 0 Å². The first-order valence-electron chi connectivity index (χ1n) is 13.9. The van der Waals surface area contributed by atoms with Crippen LogP contribution in [0.2, 0.25) is 0 Å². The van der Waals surface area contributed by atoms with Gasteiger partial charge in [-0.15, -0.1) is 0 Å². The summed E-state index contributed by atoms with van der Waals surface area (Å²) in [7, 11) is 0. The second-order valence-corrected chi connectivity index (χ2v) is 10.5. The van der Waals surface area contributed by atoms with Crippen molar-refractivity contribution in [3.8, 4) is 0 Å². The van der Waals surface area contributed by atoms with Crippen LogP contribution in [0.25, 0.3) is 0 Å². The van der Waals surface area contributed by atoms with E-state index in [4.69, 9.17) is 0 Å². The number of unbranched alkanes of at least 4 members (excludes halogenated alkanes) is 7. The van der Waals surface area contributed by atoms with Crippen LogP contribution in [-0.4, -0.2) is 23.8 Å². The molecule has 2 nitrogen and oxygen atoms in total. The molecule has 0 bridgehead atoms. The Morgan fingerprint density at radius 1 is 0.667 bits per heavy atom. The molecule has 0 aromatic carbocycles. The van der Waals surface area contributed by atoms with Gasteiger partial charge in [-0.05, 0) is 64.0 Å². The first-order valence-corrected chi connectivity index (χ1v) is 13.9. The summed E-state index contributed by atoms with van der Waals surface area (Å²) < 4.78 is 0. The Kier molecular flexibility index (Phi) is 20.7. The van der Waals surface area contributed by atoms with E-state index in [1.807, 2.05) is 0 Å². The molecule has 0 rings (SSSR count). The highest BCUT2D eigenvalue weighted by molar-refractivity contribution is 4.74. The number of aliphatic hydroxyl groups is 1. The summed E-state index contributed by atoms with van der Waals surface area (Å²) in [6, 6.07) is 0. The van der Waals surface area contributed by atoms with Crippen molar-refractivity contribution in [2.45, 2.75) is 156 Å². The van der Waals surface area contributed by atoms with Gasteiger partial charge in [-0.25, -0.2) is 0 Å². The van der Waals surface area contributed by atoms with Crippen LogP contribution in [0.15, 0.2) is 0 Å².